The van der Waals surface area contributed by atoms with Crippen LogP contribution in [-0.2, 0) is 11.8 Å². The van der Waals surface area contributed by atoms with Crippen LogP contribution in [0.25, 0.3) is 0 Å². The molecule has 1 aromatic carbocycles. The van der Waals surface area contributed by atoms with Gasteiger partial charge in [-0.3, -0.25) is 0 Å². The molecule has 1 fully saturated rings. The monoisotopic (exact) mass is 242 g/mol. The first-order valence-electron chi connectivity index (χ1n) is 7.53. The van der Waals surface area contributed by atoms with E-state index in [0.717, 1.165) is 5.92 Å². The fraction of sp³-hybridized carbons (Fsp3) is 0.667. The fourth-order valence-electron chi connectivity index (χ4n) is 4.89. The van der Waals surface area contributed by atoms with Crippen LogP contribution < -0.4 is 0 Å². The molecule has 0 heteroatoms. The highest BCUT2D eigenvalue weighted by atomic mass is 14.5. The summed E-state index contributed by atoms with van der Waals surface area (Å²) in [6.07, 6.45) is 6.87. The fourth-order valence-corrected chi connectivity index (χ4v) is 4.89. The summed E-state index contributed by atoms with van der Waals surface area (Å²) in [7, 11) is 0. The summed E-state index contributed by atoms with van der Waals surface area (Å²) >= 11 is 0. The Morgan fingerprint density at radius 2 is 1.89 bits per heavy atom. The van der Waals surface area contributed by atoms with E-state index in [1.165, 1.54) is 37.7 Å². The summed E-state index contributed by atoms with van der Waals surface area (Å²) in [6.45, 7) is 9.77. The molecule has 0 saturated heterocycles. The zero-order chi connectivity index (χ0) is 13.0. The molecule has 0 N–H and O–H groups in total. The van der Waals surface area contributed by atoms with Crippen LogP contribution in [0.2, 0.25) is 0 Å². The minimum Gasteiger partial charge on any atom is -0.0596 e. The third kappa shape index (κ3) is 1.65. The molecular formula is C18H26. The molecule has 0 bridgehead atoms. The number of rotatable bonds is 0. The zero-order valence-electron chi connectivity index (χ0n) is 12.3. The summed E-state index contributed by atoms with van der Waals surface area (Å²) < 4.78 is 0. The van der Waals surface area contributed by atoms with Crippen LogP contribution in [0.3, 0.4) is 0 Å². The van der Waals surface area contributed by atoms with Crippen LogP contribution in [0.1, 0.15) is 63.1 Å². The lowest BCUT2D eigenvalue weighted by Gasteiger charge is -2.54. The van der Waals surface area contributed by atoms with Gasteiger partial charge in [-0.15, -0.1) is 0 Å². The van der Waals surface area contributed by atoms with Crippen LogP contribution in [-0.4, -0.2) is 0 Å². The molecule has 0 aliphatic heterocycles. The van der Waals surface area contributed by atoms with Crippen LogP contribution in [0.15, 0.2) is 18.2 Å². The van der Waals surface area contributed by atoms with Gasteiger partial charge in [-0.05, 0) is 60.5 Å². The van der Waals surface area contributed by atoms with Gasteiger partial charge >= 0.3 is 0 Å². The predicted octanol–water partition coefficient (Wildman–Crippen LogP) is 5.03. The van der Waals surface area contributed by atoms with Gasteiger partial charge in [0, 0.05) is 0 Å². The molecule has 0 amide bonds. The van der Waals surface area contributed by atoms with Crippen molar-refractivity contribution in [3.63, 3.8) is 0 Å². The molecule has 98 valence electrons. The van der Waals surface area contributed by atoms with E-state index in [1.54, 1.807) is 11.1 Å². The maximum atomic E-state index is 2.54. The molecule has 0 nitrogen and oxygen atoms in total. The van der Waals surface area contributed by atoms with Crippen molar-refractivity contribution in [2.75, 3.05) is 0 Å². The van der Waals surface area contributed by atoms with Gasteiger partial charge < -0.3 is 0 Å². The van der Waals surface area contributed by atoms with Crippen molar-refractivity contribution >= 4 is 0 Å². The highest BCUT2D eigenvalue weighted by Gasteiger charge is 2.49. The first-order valence-corrected chi connectivity index (χ1v) is 7.53. The Bertz CT molecular complexity index is 469. The SMILES string of the molecule is Cc1ccc2c(c1)[C@@]1(C)CCCC(C)(C)C1CC2. The van der Waals surface area contributed by atoms with Crippen molar-refractivity contribution in [2.24, 2.45) is 11.3 Å². The normalized spacial score (nSPS) is 33.7. The average molecular weight is 242 g/mol. The van der Waals surface area contributed by atoms with Crippen LogP contribution in [0, 0.1) is 18.3 Å². The first kappa shape index (κ1) is 12.3. The molecule has 1 saturated carbocycles. The molecule has 0 spiro atoms. The van der Waals surface area contributed by atoms with Gasteiger partial charge in [0.1, 0.15) is 0 Å². The van der Waals surface area contributed by atoms with Crippen molar-refractivity contribution in [2.45, 2.75) is 65.2 Å². The van der Waals surface area contributed by atoms with E-state index in [-0.39, 0.29) is 0 Å². The molecule has 2 atom stereocenters. The van der Waals surface area contributed by atoms with Crippen molar-refractivity contribution in [1.82, 2.24) is 0 Å². The number of hydrogen-bond donors (Lipinski definition) is 0. The van der Waals surface area contributed by atoms with Gasteiger partial charge in [0.05, 0.1) is 0 Å². The Labute approximate surface area is 112 Å². The summed E-state index contributed by atoms with van der Waals surface area (Å²) in [5.74, 6) is 0.869. The van der Waals surface area contributed by atoms with Gasteiger partial charge in [0.25, 0.3) is 0 Å². The average Bonchev–Trinajstić information content (AvgIpc) is 2.29. The third-order valence-corrected chi connectivity index (χ3v) is 5.81. The standard InChI is InChI=1S/C18H26/c1-13-6-7-14-8-9-16-17(2,3)10-5-11-18(16,4)15(14)12-13/h6-7,12,16H,5,8-11H2,1-4H3/t16?,18-/m1/s1. The van der Waals surface area contributed by atoms with Gasteiger partial charge in [0.15, 0.2) is 0 Å². The second-order valence-corrected chi connectivity index (χ2v) is 7.51. The predicted molar refractivity (Wildman–Crippen MR) is 78.0 cm³/mol. The number of benzene rings is 1. The highest BCUT2D eigenvalue weighted by Crippen LogP contribution is 2.56. The maximum absolute atomic E-state index is 2.54. The van der Waals surface area contributed by atoms with E-state index in [9.17, 15) is 0 Å². The van der Waals surface area contributed by atoms with Crippen molar-refractivity contribution in [3.8, 4) is 0 Å². The summed E-state index contributed by atoms with van der Waals surface area (Å²) in [4.78, 5) is 0. The number of hydrogen-bond acceptors (Lipinski definition) is 0. The Morgan fingerprint density at radius 1 is 1.11 bits per heavy atom. The minimum absolute atomic E-state index is 0.432. The number of fused-ring (bicyclic) bond motifs is 3. The lowest BCUT2D eigenvalue weighted by Crippen LogP contribution is -2.47. The molecule has 1 unspecified atom stereocenters. The van der Waals surface area contributed by atoms with Gasteiger partial charge in [-0.1, -0.05) is 51.0 Å². The lowest BCUT2D eigenvalue weighted by atomic mass is 9.50. The van der Waals surface area contributed by atoms with E-state index in [0.29, 0.717) is 10.8 Å². The number of aryl methyl sites for hydroxylation is 2. The van der Waals surface area contributed by atoms with E-state index < -0.39 is 0 Å². The highest BCUT2D eigenvalue weighted by molar-refractivity contribution is 5.41. The molecule has 1 aromatic rings. The molecule has 0 radical (unpaired) electrons. The van der Waals surface area contributed by atoms with E-state index >= 15 is 0 Å². The Morgan fingerprint density at radius 3 is 2.67 bits per heavy atom. The summed E-state index contributed by atoms with van der Waals surface area (Å²) in [5.41, 5.74) is 5.68. The van der Waals surface area contributed by atoms with Crippen molar-refractivity contribution in [1.29, 1.82) is 0 Å². The van der Waals surface area contributed by atoms with E-state index in [4.69, 9.17) is 0 Å². The second-order valence-electron chi connectivity index (χ2n) is 7.51. The summed E-state index contributed by atoms with van der Waals surface area (Å²) in [5, 5.41) is 0. The van der Waals surface area contributed by atoms with Crippen molar-refractivity contribution in [3.05, 3.63) is 34.9 Å². The van der Waals surface area contributed by atoms with Crippen LogP contribution in [0.5, 0.6) is 0 Å². The maximum Gasteiger partial charge on any atom is -0.00390 e. The first-order chi connectivity index (χ1) is 8.43. The van der Waals surface area contributed by atoms with Gasteiger partial charge in [-0.25, -0.2) is 0 Å². The largest absolute Gasteiger partial charge is 0.0596 e. The second kappa shape index (κ2) is 3.85. The summed E-state index contributed by atoms with van der Waals surface area (Å²) in [6, 6.07) is 7.15. The Kier molecular flexibility index (Phi) is 2.63. The van der Waals surface area contributed by atoms with Crippen LogP contribution >= 0.6 is 0 Å². The molecule has 2 aliphatic rings. The smallest absolute Gasteiger partial charge is 0.00390 e. The zero-order valence-corrected chi connectivity index (χ0v) is 12.3. The third-order valence-electron chi connectivity index (χ3n) is 5.81. The van der Waals surface area contributed by atoms with Crippen LogP contribution in [0.4, 0.5) is 0 Å². The minimum atomic E-state index is 0.432. The lowest BCUT2D eigenvalue weighted by molar-refractivity contribution is 0.0407. The Balaban J connectivity index is 2.13. The van der Waals surface area contributed by atoms with E-state index in [1.807, 2.05) is 0 Å². The molecule has 0 heterocycles. The molecule has 2 aliphatic carbocycles. The molecule has 0 aromatic heterocycles. The quantitative estimate of drug-likeness (QED) is 0.599. The van der Waals surface area contributed by atoms with E-state index in [2.05, 4.69) is 45.9 Å². The molecule has 3 rings (SSSR count). The Hall–Kier alpha value is -0.780. The van der Waals surface area contributed by atoms with Crippen molar-refractivity contribution < 1.29 is 0 Å². The van der Waals surface area contributed by atoms with Gasteiger partial charge in [0.2, 0.25) is 0 Å². The molecular weight excluding hydrogens is 216 g/mol. The molecule has 18 heavy (non-hydrogen) atoms. The van der Waals surface area contributed by atoms with Gasteiger partial charge in [-0.2, -0.15) is 0 Å². The topological polar surface area (TPSA) is 0 Å².